The molecule has 8 heteroatoms. The van der Waals surface area contributed by atoms with Crippen molar-refractivity contribution >= 4 is 38.3 Å². The first-order valence-electron chi connectivity index (χ1n) is 6.58. The van der Waals surface area contributed by atoms with E-state index in [-0.39, 0.29) is 11.0 Å². The van der Waals surface area contributed by atoms with Gasteiger partial charge in [0.25, 0.3) is 0 Å². The van der Waals surface area contributed by atoms with E-state index < -0.39 is 20.8 Å². The van der Waals surface area contributed by atoms with Gasteiger partial charge in [-0.2, -0.15) is 0 Å². The van der Waals surface area contributed by atoms with Gasteiger partial charge < -0.3 is 5.73 Å². The van der Waals surface area contributed by atoms with Crippen molar-refractivity contribution in [3.8, 4) is 0 Å². The molecule has 0 amide bonds. The fraction of sp³-hybridized carbons (Fsp3) is 0.538. The van der Waals surface area contributed by atoms with E-state index in [0.717, 1.165) is 4.90 Å². The maximum atomic E-state index is 11.8. The number of nitrogens with two attached hydrogens (primary N) is 1. The summed E-state index contributed by atoms with van der Waals surface area (Å²) in [6, 6.07) is 7.33. The maximum Gasteiger partial charge on any atom is 0.212 e. The van der Waals surface area contributed by atoms with E-state index in [4.69, 9.17) is 5.73 Å². The number of thioether (sulfide) groups is 1. The molecule has 2 atom stereocenters. The Bertz CT molecular complexity index is 559. The summed E-state index contributed by atoms with van der Waals surface area (Å²) < 4.78 is 37.3. The van der Waals surface area contributed by atoms with Gasteiger partial charge in [-0.3, -0.25) is 4.21 Å². The van der Waals surface area contributed by atoms with Crippen LogP contribution in [0.5, 0.6) is 0 Å². The highest BCUT2D eigenvalue weighted by molar-refractivity contribution is 8.00. The molecular weight excluding hydrogens is 328 g/mol. The highest BCUT2D eigenvalue weighted by Gasteiger charge is 2.12. The van der Waals surface area contributed by atoms with Crippen molar-refractivity contribution in [2.75, 3.05) is 30.0 Å². The molecule has 0 spiro atoms. The van der Waals surface area contributed by atoms with Gasteiger partial charge in [-0.05, 0) is 30.7 Å². The van der Waals surface area contributed by atoms with Gasteiger partial charge >= 0.3 is 0 Å². The van der Waals surface area contributed by atoms with Crippen molar-refractivity contribution in [1.82, 2.24) is 4.72 Å². The van der Waals surface area contributed by atoms with Crippen LogP contribution in [0.15, 0.2) is 29.2 Å². The van der Waals surface area contributed by atoms with Crippen LogP contribution < -0.4 is 10.5 Å². The van der Waals surface area contributed by atoms with Gasteiger partial charge in [-0.15, -0.1) is 11.8 Å². The third-order valence-corrected chi connectivity index (χ3v) is 6.97. The molecule has 5 nitrogen and oxygen atoms in total. The number of sulfonamides is 1. The number of hydrogen-bond acceptors (Lipinski definition) is 5. The molecule has 0 radical (unpaired) electrons. The highest BCUT2D eigenvalue weighted by Crippen LogP contribution is 2.19. The van der Waals surface area contributed by atoms with Crippen molar-refractivity contribution < 1.29 is 12.6 Å². The Balaban J connectivity index is 2.29. The van der Waals surface area contributed by atoms with Crippen LogP contribution in [0.25, 0.3) is 0 Å². The molecule has 0 saturated heterocycles. The predicted octanol–water partition coefficient (Wildman–Crippen LogP) is 1.44. The zero-order valence-electron chi connectivity index (χ0n) is 12.2. The first-order chi connectivity index (χ1) is 9.80. The Morgan fingerprint density at radius 3 is 2.52 bits per heavy atom. The minimum Gasteiger partial charge on any atom is -0.399 e. The van der Waals surface area contributed by atoms with E-state index >= 15 is 0 Å². The summed E-state index contributed by atoms with van der Waals surface area (Å²) in [5.41, 5.74) is 6.28. The summed E-state index contributed by atoms with van der Waals surface area (Å²) in [6.45, 7) is 2.18. The van der Waals surface area contributed by atoms with Gasteiger partial charge in [-0.25, -0.2) is 13.1 Å². The zero-order valence-corrected chi connectivity index (χ0v) is 14.7. The lowest BCUT2D eigenvalue weighted by atomic mass is 10.3. The van der Waals surface area contributed by atoms with Gasteiger partial charge in [0.05, 0.1) is 5.75 Å². The molecule has 21 heavy (non-hydrogen) atoms. The van der Waals surface area contributed by atoms with Crippen molar-refractivity contribution in [1.29, 1.82) is 0 Å². The lowest BCUT2D eigenvalue weighted by molar-refractivity contribution is 0.579. The summed E-state index contributed by atoms with van der Waals surface area (Å²) >= 11 is 1.48. The monoisotopic (exact) mass is 350 g/mol. The van der Waals surface area contributed by atoms with Crippen molar-refractivity contribution in [2.24, 2.45) is 0 Å². The second-order valence-electron chi connectivity index (χ2n) is 4.73. The van der Waals surface area contributed by atoms with Crippen molar-refractivity contribution in [2.45, 2.75) is 23.5 Å². The number of hydrogen-bond donors (Lipinski definition) is 2. The summed E-state index contributed by atoms with van der Waals surface area (Å²) in [7, 11) is -4.20. The summed E-state index contributed by atoms with van der Waals surface area (Å²) in [6.07, 6.45) is 2.20. The van der Waals surface area contributed by atoms with Gasteiger partial charge in [0.1, 0.15) is 0 Å². The van der Waals surface area contributed by atoms with Crippen LogP contribution in [0.3, 0.4) is 0 Å². The maximum absolute atomic E-state index is 11.8. The van der Waals surface area contributed by atoms with Crippen LogP contribution in [0.4, 0.5) is 5.69 Å². The Kier molecular flexibility index (Phi) is 7.72. The Morgan fingerprint density at radius 1 is 1.33 bits per heavy atom. The average Bonchev–Trinajstić information content (AvgIpc) is 2.40. The molecule has 0 fully saturated rings. The molecular formula is C13H22N2O3S3. The molecule has 1 rings (SSSR count). The minimum atomic E-state index is -3.28. The number of anilines is 1. The Hall–Kier alpha value is -0.570. The van der Waals surface area contributed by atoms with Gasteiger partial charge in [0.15, 0.2) is 0 Å². The zero-order chi connectivity index (χ0) is 15.9. The molecule has 1 aromatic rings. The van der Waals surface area contributed by atoms with Crippen molar-refractivity contribution in [3.63, 3.8) is 0 Å². The van der Waals surface area contributed by atoms with Crippen LogP contribution in [-0.2, 0) is 20.8 Å². The lowest BCUT2D eigenvalue weighted by Crippen LogP contribution is -2.30. The van der Waals surface area contributed by atoms with Gasteiger partial charge in [0.2, 0.25) is 10.0 Å². The second kappa shape index (κ2) is 8.77. The highest BCUT2D eigenvalue weighted by atomic mass is 32.2. The van der Waals surface area contributed by atoms with E-state index in [9.17, 15) is 12.6 Å². The average molecular weight is 351 g/mol. The molecule has 120 valence electrons. The predicted molar refractivity (Wildman–Crippen MR) is 91.5 cm³/mol. The van der Waals surface area contributed by atoms with E-state index in [1.807, 2.05) is 19.1 Å². The number of rotatable bonds is 9. The molecule has 0 saturated carbocycles. The standard InChI is InChI=1S/C13H22N2O3S3/c1-11(20(2)16)7-8-15-21(17,18)10-9-19-13-5-3-12(14)4-6-13/h3-6,11,15H,7-10,14H2,1-2H3. The fourth-order valence-corrected chi connectivity index (χ4v) is 4.29. The molecule has 0 aliphatic carbocycles. The van der Waals surface area contributed by atoms with Crippen LogP contribution in [0, 0.1) is 0 Å². The van der Waals surface area contributed by atoms with Crippen LogP contribution >= 0.6 is 11.8 Å². The SMILES string of the molecule is CC(CCNS(=O)(=O)CCSc1ccc(N)cc1)S(C)=O. The normalized spacial score (nSPS) is 14.8. The largest absolute Gasteiger partial charge is 0.399 e. The van der Waals surface area contributed by atoms with Crippen LogP contribution in [0.2, 0.25) is 0 Å². The van der Waals surface area contributed by atoms with Crippen LogP contribution in [0.1, 0.15) is 13.3 Å². The van der Waals surface area contributed by atoms with E-state index in [1.54, 1.807) is 18.4 Å². The molecule has 0 aliphatic heterocycles. The topological polar surface area (TPSA) is 89.3 Å². The molecule has 3 N–H and O–H groups in total. The molecule has 0 bridgehead atoms. The van der Waals surface area contributed by atoms with Crippen LogP contribution in [-0.4, -0.2) is 42.2 Å². The van der Waals surface area contributed by atoms with Crippen molar-refractivity contribution in [3.05, 3.63) is 24.3 Å². The molecule has 0 aromatic heterocycles. The first kappa shape index (κ1) is 18.5. The third-order valence-electron chi connectivity index (χ3n) is 2.94. The second-order valence-corrected chi connectivity index (χ2v) is 9.63. The van der Waals surface area contributed by atoms with E-state index in [2.05, 4.69) is 4.72 Å². The first-order valence-corrected chi connectivity index (χ1v) is 10.8. The Morgan fingerprint density at radius 2 is 1.95 bits per heavy atom. The number of nitrogen functional groups attached to an aromatic ring is 1. The summed E-state index contributed by atoms with van der Waals surface area (Å²) in [5.74, 6) is 0.542. The molecule has 2 unspecified atom stereocenters. The quantitative estimate of drug-likeness (QED) is 0.519. The smallest absolute Gasteiger partial charge is 0.212 e. The van der Waals surface area contributed by atoms with Gasteiger partial charge in [-0.1, -0.05) is 6.92 Å². The number of nitrogens with one attached hydrogen (secondary N) is 1. The Labute approximate surface area is 133 Å². The summed E-state index contributed by atoms with van der Waals surface area (Å²) in [5, 5.41) is -0.00291. The summed E-state index contributed by atoms with van der Waals surface area (Å²) in [4.78, 5) is 0.995. The third kappa shape index (κ3) is 7.85. The lowest BCUT2D eigenvalue weighted by Gasteiger charge is -2.10. The molecule has 1 aromatic carbocycles. The fourth-order valence-electron chi connectivity index (χ4n) is 1.49. The van der Waals surface area contributed by atoms with Gasteiger partial charge in [0, 0.05) is 45.2 Å². The van der Waals surface area contributed by atoms with E-state index in [1.165, 1.54) is 11.8 Å². The molecule has 0 aliphatic rings. The molecule has 0 heterocycles. The van der Waals surface area contributed by atoms with E-state index in [0.29, 0.717) is 24.4 Å². The number of benzene rings is 1. The minimum absolute atomic E-state index is 0.00291.